The number of nitrogens with zero attached hydrogens (tertiary/aromatic N) is 4. The molecule has 2 atom stereocenters. The molecule has 0 radical (unpaired) electrons. The highest BCUT2D eigenvalue weighted by Crippen LogP contribution is 2.28. The molecule has 1 aliphatic carbocycles. The highest BCUT2D eigenvalue weighted by molar-refractivity contribution is 7.99. The monoisotopic (exact) mass is 425 g/mol. The molecular formula is C22H24FN5OS. The van der Waals surface area contributed by atoms with Crippen LogP contribution in [-0.4, -0.2) is 37.5 Å². The number of aromatic nitrogens is 4. The molecule has 4 rings (SSSR count). The second-order valence-corrected chi connectivity index (χ2v) is 8.52. The fraction of sp³-hybridized carbons (Fsp3) is 0.364. The van der Waals surface area contributed by atoms with E-state index < -0.39 is 0 Å². The first-order valence-corrected chi connectivity index (χ1v) is 11.1. The lowest BCUT2D eigenvalue weighted by Gasteiger charge is -2.29. The van der Waals surface area contributed by atoms with E-state index in [1.54, 1.807) is 24.5 Å². The summed E-state index contributed by atoms with van der Waals surface area (Å²) < 4.78 is 15.3. The predicted molar refractivity (Wildman–Crippen MR) is 115 cm³/mol. The minimum absolute atomic E-state index is 0.00197. The normalized spacial score (nSPS) is 18.9. The molecule has 1 aromatic carbocycles. The molecule has 1 fully saturated rings. The molecular weight excluding hydrogens is 401 g/mol. The molecule has 0 spiro atoms. The lowest BCUT2D eigenvalue weighted by atomic mass is 9.86. The summed E-state index contributed by atoms with van der Waals surface area (Å²) in [6.07, 6.45) is 7.97. The quantitative estimate of drug-likeness (QED) is 0.598. The smallest absolute Gasteiger partial charge is 0.230 e. The number of carbonyl (C=O) groups excluding carboxylic acids is 1. The Morgan fingerprint density at radius 3 is 2.60 bits per heavy atom. The highest BCUT2D eigenvalue weighted by Gasteiger charge is 2.23. The Hall–Kier alpha value is -2.74. The Kier molecular flexibility index (Phi) is 6.42. The lowest BCUT2D eigenvalue weighted by Crippen LogP contribution is -2.41. The molecule has 1 amide bonds. The van der Waals surface area contributed by atoms with Gasteiger partial charge in [-0.15, -0.1) is 10.2 Å². The molecule has 6 nitrogen and oxygen atoms in total. The van der Waals surface area contributed by atoms with E-state index in [1.807, 2.05) is 16.7 Å². The molecule has 0 saturated heterocycles. The summed E-state index contributed by atoms with van der Waals surface area (Å²) in [6.45, 7) is 2.20. The van der Waals surface area contributed by atoms with Gasteiger partial charge in [0.25, 0.3) is 0 Å². The van der Waals surface area contributed by atoms with E-state index in [-0.39, 0.29) is 23.5 Å². The molecule has 156 valence electrons. The van der Waals surface area contributed by atoms with Crippen molar-refractivity contribution < 1.29 is 9.18 Å². The highest BCUT2D eigenvalue weighted by atomic mass is 32.2. The summed E-state index contributed by atoms with van der Waals surface area (Å²) in [6, 6.07) is 10.1. The van der Waals surface area contributed by atoms with Crippen molar-refractivity contribution in [3.05, 3.63) is 54.6 Å². The molecule has 1 saturated carbocycles. The maximum Gasteiger partial charge on any atom is 0.230 e. The van der Waals surface area contributed by atoms with Gasteiger partial charge in [-0.05, 0) is 55.2 Å². The van der Waals surface area contributed by atoms with Gasteiger partial charge in [0.05, 0.1) is 5.75 Å². The van der Waals surface area contributed by atoms with E-state index in [9.17, 15) is 9.18 Å². The van der Waals surface area contributed by atoms with Crippen LogP contribution in [0, 0.1) is 11.7 Å². The van der Waals surface area contributed by atoms with E-state index >= 15 is 0 Å². The van der Waals surface area contributed by atoms with Crippen molar-refractivity contribution >= 4 is 17.7 Å². The molecule has 0 bridgehead atoms. The minimum Gasteiger partial charge on any atom is -0.352 e. The average Bonchev–Trinajstić information content (AvgIpc) is 3.19. The van der Waals surface area contributed by atoms with Gasteiger partial charge >= 0.3 is 0 Å². The third kappa shape index (κ3) is 4.70. The van der Waals surface area contributed by atoms with Crippen molar-refractivity contribution in [2.45, 2.75) is 43.8 Å². The van der Waals surface area contributed by atoms with Crippen molar-refractivity contribution in [2.24, 2.45) is 5.92 Å². The van der Waals surface area contributed by atoms with Crippen molar-refractivity contribution in [3.8, 4) is 17.1 Å². The lowest BCUT2D eigenvalue weighted by molar-refractivity contribution is -0.119. The largest absolute Gasteiger partial charge is 0.352 e. The number of amides is 1. The first-order chi connectivity index (χ1) is 14.6. The summed E-state index contributed by atoms with van der Waals surface area (Å²) in [5.41, 5.74) is 1.58. The van der Waals surface area contributed by atoms with Crippen LogP contribution < -0.4 is 5.32 Å². The topological polar surface area (TPSA) is 72.7 Å². The van der Waals surface area contributed by atoms with Gasteiger partial charge < -0.3 is 5.32 Å². The summed E-state index contributed by atoms with van der Waals surface area (Å²) in [5.74, 6) is 1.06. The van der Waals surface area contributed by atoms with Gasteiger partial charge in [0.2, 0.25) is 5.91 Å². The fourth-order valence-electron chi connectivity index (χ4n) is 3.78. The summed E-state index contributed by atoms with van der Waals surface area (Å²) in [4.78, 5) is 16.6. The zero-order valence-corrected chi connectivity index (χ0v) is 17.6. The Bertz CT molecular complexity index is 993. The third-order valence-corrected chi connectivity index (χ3v) is 6.38. The molecule has 1 aliphatic rings. The van der Waals surface area contributed by atoms with E-state index in [1.165, 1.54) is 30.3 Å². The Morgan fingerprint density at radius 2 is 1.87 bits per heavy atom. The number of pyridine rings is 1. The van der Waals surface area contributed by atoms with Crippen LogP contribution in [0.5, 0.6) is 0 Å². The van der Waals surface area contributed by atoms with Crippen LogP contribution in [0.3, 0.4) is 0 Å². The average molecular weight is 426 g/mol. The van der Waals surface area contributed by atoms with Crippen LogP contribution in [0.4, 0.5) is 4.39 Å². The minimum atomic E-state index is -0.313. The molecule has 3 aromatic rings. The number of hydrogen-bond donors (Lipinski definition) is 1. The van der Waals surface area contributed by atoms with Crippen LogP contribution in [0.25, 0.3) is 17.1 Å². The summed E-state index contributed by atoms with van der Waals surface area (Å²) >= 11 is 1.33. The van der Waals surface area contributed by atoms with Gasteiger partial charge in [0.15, 0.2) is 11.0 Å². The SMILES string of the molecule is C[C@H]1CCCC[C@@H]1NC(=O)CSc1nnc(-c2ccncc2)n1-c1ccc(F)cc1. The molecule has 0 unspecified atom stereocenters. The molecule has 0 aliphatic heterocycles. The molecule has 8 heteroatoms. The second-order valence-electron chi connectivity index (χ2n) is 7.58. The van der Waals surface area contributed by atoms with Crippen molar-refractivity contribution in [3.63, 3.8) is 0 Å². The number of thioether (sulfide) groups is 1. The number of benzene rings is 1. The third-order valence-electron chi connectivity index (χ3n) is 5.45. The molecule has 2 heterocycles. The van der Waals surface area contributed by atoms with Gasteiger partial charge in [0.1, 0.15) is 5.82 Å². The maximum atomic E-state index is 13.5. The Balaban J connectivity index is 1.55. The zero-order chi connectivity index (χ0) is 20.9. The maximum absolute atomic E-state index is 13.5. The van der Waals surface area contributed by atoms with Crippen LogP contribution in [0.2, 0.25) is 0 Å². The van der Waals surface area contributed by atoms with Crippen LogP contribution >= 0.6 is 11.8 Å². The fourth-order valence-corrected chi connectivity index (χ4v) is 4.55. The van der Waals surface area contributed by atoms with Crippen molar-refractivity contribution in [1.82, 2.24) is 25.1 Å². The van der Waals surface area contributed by atoms with Gasteiger partial charge in [-0.3, -0.25) is 14.3 Å². The van der Waals surface area contributed by atoms with Gasteiger partial charge in [-0.25, -0.2) is 4.39 Å². The zero-order valence-electron chi connectivity index (χ0n) is 16.8. The molecule has 30 heavy (non-hydrogen) atoms. The molecule has 1 N–H and O–H groups in total. The molecule has 2 aromatic heterocycles. The number of nitrogens with one attached hydrogen (secondary N) is 1. The first kappa shape index (κ1) is 20.5. The van der Waals surface area contributed by atoms with Crippen LogP contribution in [0.15, 0.2) is 53.9 Å². The number of halogens is 1. The van der Waals surface area contributed by atoms with Crippen LogP contribution in [-0.2, 0) is 4.79 Å². The van der Waals surface area contributed by atoms with Crippen molar-refractivity contribution in [1.29, 1.82) is 0 Å². The van der Waals surface area contributed by atoms with Crippen molar-refractivity contribution in [2.75, 3.05) is 5.75 Å². The number of carbonyl (C=O) groups is 1. The van der Waals surface area contributed by atoms with E-state index in [0.29, 0.717) is 16.9 Å². The van der Waals surface area contributed by atoms with Gasteiger partial charge in [-0.1, -0.05) is 31.5 Å². The van der Waals surface area contributed by atoms with Gasteiger partial charge in [-0.2, -0.15) is 0 Å². The van der Waals surface area contributed by atoms with Gasteiger partial charge in [0, 0.05) is 29.7 Å². The summed E-state index contributed by atoms with van der Waals surface area (Å²) in [5, 5.41) is 12.4. The first-order valence-electron chi connectivity index (χ1n) is 10.2. The Labute approximate surface area is 179 Å². The number of rotatable bonds is 6. The van der Waals surface area contributed by atoms with E-state index in [0.717, 1.165) is 30.5 Å². The van der Waals surface area contributed by atoms with E-state index in [4.69, 9.17) is 0 Å². The standard InChI is InChI=1S/C22H24FN5OS/c1-15-4-2-3-5-19(15)25-20(29)14-30-22-27-26-21(16-10-12-24-13-11-16)28(22)18-8-6-17(23)7-9-18/h6-13,15,19H,2-5,14H2,1H3,(H,25,29)/t15-,19-/m0/s1. The summed E-state index contributed by atoms with van der Waals surface area (Å²) in [7, 11) is 0. The Morgan fingerprint density at radius 1 is 1.13 bits per heavy atom. The predicted octanol–water partition coefficient (Wildman–Crippen LogP) is 4.26. The second kappa shape index (κ2) is 9.38. The van der Waals surface area contributed by atoms with E-state index in [2.05, 4.69) is 27.4 Å². The number of hydrogen-bond acceptors (Lipinski definition) is 5. The van der Waals surface area contributed by atoms with Crippen LogP contribution in [0.1, 0.15) is 32.6 Å².